The van der Waals surface area contributed by atoms with E-state index >= 15 is 0 Å². The molecule has 0 bridgehead atoms. The number of ether oxygens (including phenoxy) is 3. The lowest BCUT2D eigenvalue weighted by atomic mass is 10.1. The van der Waals surface area contributed by atoms with E-state index in [0.29, 0.717) is 50.1 Å². The maximum atomic E-state index is 12.8. The number of amides is 2. The molecular weight excluding hydrogens is 476 g/mol. The van der Waals surface area contributed by atoms with Gasteiger partial charge in [0.2, 0.25) is 5.91 Å². The molecule has 37 heavy (non-hydrogen) atoms. The SMILES string of the molecule is Cc1ccc(COC(=O)N2CCOCC2)n2c(C(COCc3ccccc3)NC(=O)C(C)(C)N)nnc12. The highest BCUT2D eigenvalue weighted by atomic mass is 16.6. The van der Waals surface area contributed by atoms with Gasteiger partial charge in [0.15, 0.2) is 11.5 Å². The average Bonchev–Trinajstić information content (AvgIpc) is 3.34. The van der Waals surface area contributed by atoms with Crippen LogP contribution in [-0.4, -0.2) is 69.9 Å². The molecule has 1 aromatic carbocycles. The first-order valence-electron chi connectivity index (χ1n) is 12.3. The van der Waals surface area contributed by atoms with Crippen LogP contribution in [0.3, 0.4) is 0 Å². The number of pyridine rings is 1. The number of aromatic nitrogens is 3. The number of rotatable bonds is 9. The molecule has 1 atom stereocenters. The van der Waals surface area contributed by atoms with E-state index in [4.69, 9.17) is 19.9 Å². The van der Waals surface area contributed by atoms with E-state index in [1.54, 1.807) is 18.7 Å². The summed E-state index contributed by atoms with van der Waals surface area (Å²) in [5.74, 6) is 0.104. The topological polar surface area (TPSA) is 133 Å². The lowest BCUT2D eigenvalue weighted by Crippen LogP contribution is -2.51. The molecule has 0 spiro atoms. The lowest BCUT2D eigenvalue weighted by molar-refractivity contribution is -0.126. The molecular formula is C26H34N6O5. The summed E-state index contributed by atoms with van der Waals surface area (Å²) in [6.45, 7) is 7.63. The molecule has 1 fully saturated rings. The van der Waals surface area contributed by atoms with Gasteiger partial charge in [0.25, 0.3) is 0 Å². The molecule has 0 saturated carbocycles. The van der Waals surface area contributed by atoms with Crippen LogP contribution in [0.25, 0.3) is 5.65 Å². The number of nitrogens with zero attached hydrogens (tertiary/aromatic N) is 4. The van der Waals surface area contributed by atoms with Crippen LogP contribution in [0.15, 0.2) is 42.5 Å². The van der Waals surface area contributed by atoms with E-state index in [0.717, 1.165) is 11.1 Å². The molecule has 0 radical (unpaired) electrons. The van der Waals surface area contributed by atoms with Gasteiger partial charge < -0.3 is 30.2 Å². The van der Waals surface area contributed by atoms with Crippen molar-refractivity contribution >= 4 is 17.6 Å². The van der Waals surface area contributed by atoms with Crippen molar-refractivity contribution in [1.29, 1.82) is 0 Å². The molecule has 11 nitrogen and oxygen atoms in total. The van der Waals surface area contributed by atoms with E-state index in [2.05, 4.69) is 15.5 Å². The third-order valence-corrected chi connectivity index (χ3v) is 6.06. The van der Waals surface area contributed by atoms with Gasteiger partial charge in [-0.1, -0.05) is 36.4 Å². The van der Waals surface area contributed by atoms with Crippen molar-refractivity contribution in [1.82, 2.24) is 24.8 Å². The first-order chi connectivity index (χ1) is 17.7. The highest BCUT2D eigenvalue weighted by Crippen LogP contribution is 2.21. The van der Waals surface area contributed by atoms with Gasteiger partial charge in [-0.05, 0) is 38.0 Å². The molecule has 1 saturated heterocycles. The van der Waals surface area contributed by atoms with Crippen LogP contribution in [0.1, 0.15) is 42.5 Å². The standard InChI is InChI=1S/C26H34N6O5/c1-18-9-10-20(16-37-25(34)31-11-13-35-14-12-31)32-22(18)29-30-23(32)21(28-24(33)26(2,3)27)17-36-15-19-7-5-4-6-8-19/h4-10,21H,11-17,27H2,1-3H3,(H,28,33). The molecule has 3 heterocycles. The molecule has 2 amide bonds. The molecule has 3 aromatic rings. The fourth-order valence-electron chi connectivity index (χ4n) is 3.91. The number of fused-ring (bicyclic) bond motifs is 1. The third kappa shape index (κ3) is 6.62. The van der Waals surface area contributed by atoms with Crippen molar-refractivity contribution < 1.29 is 23.8 Å². The maximum Gasteiger partial charge on any atom is 0.410 e. The number of benzene rings is 1. The average molecular weight is 511 g/mol. The summed E-state index contributed by atoms with van der Waals surface area (Å²) in [5, 5.41) is 11.7. The summed E-state index contributed by atoms with van der Waals surface area (Å²) in [6.07, 6.45) is -0.410. The molecule has 1 aliphatic rings. The fraction of sp³-hybridized carbons (Fsp3) is 0.462. The minimum Gasteiger partial charge on any atom is -0.443 e. The first-order valence-corrected chi connectivity index (χ1v) is 12.3. The number of carbonyl (C=O) groups is 2. The molecule has 1 unspecified atom stereocenters. The van der Waals surface area contributed by atoms with Crippen molar-refractivity contribution in [2.45, 2.75) is 45.6 Å². The zero-order valence-corrected chi connectivity index (χ0v) is 21.5. The normalized spacial score (nSPS) is 15.0. The van der Waals surface area contributed by atoms with Crippen LogP contribution >= 0.6 is 0 Å². The summed E-state index contributed by atoms with van der Waals surface area (Å²) < 4.78 is 18.7. The minimum absolute atomic E-state index is 0.00588. The molecule has 0 aliphatic carbocycles. The summed E-state index contributed by atoms with van der Waals surface area (Å²) in [5.41, 5.74) is 8.10. The van der Waals surface area contributed by atoms with Crippen LogP contribution in [0, 0.1) is 6.92 Å². The minimum atomic E-state index is -1.11. The molecule has 198 valence electrons. The Morgan fingerprint density at radius 3 is 2.54 bits per heavy atom. The second kappa shape index (κ2) is 11.7. The van der Waals surface area contributed by atoms with Gasteiger partial charge in [-0.3, -0.25) is 9.20 Å². The number of hydrogen-bond donors (Lipinski definition) is 2. The Morgan fingerprint density at radius 2 is 1.84 bits per heavy atom. The summed E-state index contributed by atoms with van der Waals surface area (Å²) >= 11 is 0. The van der Waals surface area contributed by atoms with E-state index in [1.807, 2.05) is 53.8 Å². The number of carbonyl (C=O) groups excluding carboxylic acids is 2. The van der Waals surface area contributed by atoms with Crippen LogP contribution in [0.4, 0.5) is 4.79 Å². The van der Waals surface area contributed by atoms with E-state index in [-0.39, 0.29) is 19.1 Å². The number of hydrogen-bond acceptors (Lipinski definition) is 8. The van der Waals surface area contributed by atoms with E-state index in [1.165, 1.54) is 0 Å². The molecule has 11 heteroatoms. The Kier molecular flexibility index (Phi) is 8.37. The number of morpholine rings is 1. The second-order valence-electron chi connectivity index (χ2n) is 9.63. The highest BCUT2D eigenvalue weighted by Gasteiger charge is 2.29. The zero-order valence-electron chi connectivity index (χ0n) is 21.5. The second-order valence-corrected chi connectivity index (χ2v) is 9.63. The van der Waals surface area contributed by atoms with Crippen LogP contribution in [0.5, 0.6) is 0 Å². The van der Waals surface area contributed by atoms with Crippen LogP contribution < -0.4 is 11.1 Å². The third-order valence-electron chi connectivity index (χ3n) is 6.06. The smallest absolute Gasteiger partial charge is 0.410 e. The van der Waals surface area contributed by atoms with E-state index in [9.17, 15) is 9.59 Å². The lowest BCUT2D eigenvalue weighted by Gasteiger charge is -2.26. The van der Waals surface area contributed by atoms with Crippen LogP contribution in [0.2, 0.25) is 0 Å². The van der Waals surface area contributed by atoms with Crippen molar-refractivity contribution in [3.63, 3.8) is 0 Å². The Hall–Kier alpha value is -3.54. The molecule has 1 aliphatic heterocycles. The Morgan fingerprint density at radius 1 is 1.11 bits per heavy atom. The monoisotopic (exact) mass is 510 g/mol. The number of aryl methyl sites for hydroxylation is 1. The van der Waals surface area contributed by atoms with Crippen molar-refractivity contribution in [3.05, 3.63) is 65.1 Å². The molecule has 2 aromatic heterocycles. The van der Waals surface area contributed by atoms with Crippen LogP contribution in [-0.2, 0) is 32.2 Å². The maximum absolute atomic E-state index is 12.8. The van der Waals surface area contributed by atoms with Gasteiger partial charge in [0, 0.05) is 13.1 Å². The van der Waals surface area contributed by atoms with Gasteiger partial charge in [0.1, 0.15) is 12.6 Å². The van der Waals surface area contributed by atoms with Crippen molar-refractivity contribution in [2.75, 3.05) is 32.9 Å². The van der Waals surface area contributed by atoms with Gasteiger partial charge in [-0.25, -0.2) is 4.79 Å². The Labute approximate surface area is 215 Å². The number of nitrogens with one attached hydrogen (secondary N) is 1. The van der Waals surface area contributed by atoms with Gasteiger partial charge in [-0.2, -0.15) is 0 Å². The van der Waals surface area contributed by atoms with Gasteiger partial charge in [-0.15, -0.1) is 10.2 Å². The predicted molar refractivity (Wildman–Crippen MR) is 136 cm³/mol. The Balaban J connectivity index is 1.59. The summed E-state index contributed by atoms with van der Waals surface area (Å²) in [4.78, 5) is 27.0. The largest absolute Gasteiger partial charge is 0.443 e. The predicted octanol–water partition coefficient (Wildman–Crippen LogP) is 2.12. The van der Waals surface area contributed by atoms with Gasteiger partial charge >= 0.3 is 6.09 Å². The quantitative estimate of drug-likeness (QED) is 0.447. The molecule has 3 N–H and O–H groups in total. The van der Waals surface area contributed by atoms with Crippen molar-refractivity contribution in [2.24, 2.45) is 5.73 Å². The van der Waals surface area contributed by atoms with Crippen molar-refractivity contribution in [3.8, 4) is 0 Å². The molecule has 4 rings (SSSR count). The highest BCUT2D eigenvalue weighted by molar-refractivity contribution is 5.85. The Bertz CT molecular complexity index is 1220. The van der Waals surface area contributed by atoms with Gasteiger partial charge in [0.05, 0.1) is 37.7 Å². The zero-order chi connectivity index (χ0) is 26.4. The summed E-state index contributed by atoms with van der Waals surface area (Å²) in [6, 6.07) is 12.9. The number of nitrogens with two attached hydrogens (primary N) is 1. The summed E-state index contributed by atoms with van der Waals surface area (Å²) in [7, 11) is 0. The fourth-order valence-corrected chi connectivity index (χ4v) is 3.91. The van der Waals surface area contributed by atoms with E-state index < -0.39 is 17.7 Å². The first kappa shape index (κ1) is 26.5.